The summed E-state index contributed by atoms with van der Waals surface area (Å²) in [6, 6.07) is 2.90. The van der Waals surface area contributed by atoms with E-state index >= 15 is 0 Å². The summed E-state index contributed by atoms with van der Waals surface area (Å²) < 4.78 is 0. The Labute approximate surface area is 70.2 Å². The molecule has 5 heteroatoms. The summed E-state index contributed by atoms with van der Waals surface area (Å²) in [5.41, 5.74) is 1.46. The fourth-order valence-electron chi connectivity index (χ4n) is 0.918. The second-order valence-electron chi connectivity index (χ2n) is 2.37. The van der Waals surface area contributed by atoms with Gasteiger partial charge in [0.25, 0.3) is 5.69 Å². The van der Waals surface area contributed by atoms with E-state index in [1.165, 1.54) is 12.1 Å². The first-order chi connectivity index (χ1) is 5.09. The Hall–Kier alpha value is -1.49. The Morgan fingerprint density at radius 3 is 2.08 bits per heavy atom. The summed E-state index contributed by atoms with van der Waals surface area (Å²) in [6.45, 7) is 3.47. The summed E-state index contributed by atoms with van der Waals surface area (Å²) in [5, 5.41) is 10.3. The number of nitrogens with zero attached hydrogens (tertiary/aromatic N) is 2. The third-order valence-corrected chi connectivity index (χ3v) is 1.28. The number of pyridine rings is 1. The second kappa shape index (κ2) is 3.77. The molecule has 3 N–H and O–H groups in total. The number of hydrogen-bond acceptors (Lipinski definition) is 4. The molecule has 0 saturated carbocycles. The van der Waals surface area contributed by atoms with Gasteiger partial charge in [0.1, 0.15) is 0 Å². The van der Waals surface area contributed by atoms with Crippen molar-refractivity contribution in [2.45, 2.75) is 13.8 Å². The molecule has 0 spiro atoms. The Morgan fingerprint density at radius 2 is 1.75 bits per heavy atom. The van der Waals surface area contributed by atoms with Gasteiger partial charge in [0.05, 0.1) is 4.92 Å². The van der Waals surface area contributed by atoms with E-state index in [2.05, 4.69) is 4.98 Å². The van der Waals surface area contributed by atoms with Crippen LogP contribution in [0.1, 0.15) is 11.4 Å². The highest BCUT2D eigenvalue weighted by molar-refractivity contribution is 5.32. The maximum atomic E-state index is 10.3. The first-order valence-electron chi connectivity index (χ1n) is 3.19. The largest absolute Gasteiger partial charge is 0.344 e. The van der Waals surface area contributed by atoms with Crippen LogP contribution in [0.4, 0.5) is 5.69 Å². The Bertz CT molecular complexity index is 278. The zero-order valence-electron chi connectivity index (χ0n) is 7.07. The van der Waals surface area contributed by atoms with Crippen LogP contribution >= 0.6 is 0 Å². The average molecular weight is 169 g/mol. The molecule has 0 aliphatic rings. The quantitative estimate of drug-likeness (QED) is 0.512. The molecule has 1 aromatic rings. The van der Waals surface area contributed by atoms with Crippen LogP contribution in [0.3, 0.4) is 0 Å². The Morgan fingerprint density at radius 1 is 1.33 bits per heavy atom. The number of aryl methyl sites for hydroxylation is 2. The summed E-state index contributed by atoms with van der Waals surface area (Å²) in [5.74, 6) is 0. The van der Waals surface area contributed by atoms with E-state index < -0.39 is 4.92 Å². The maximum Gasteiger partial charge on any atom is 0.273 e. The summed E-state index contributed by atoms with van der Waals surface area (Å²) in [4.78, 5) is 13.9. The highest BCUT2D eigenvalue weighted by Gasteiger charge is 2.05. The van der Waals surface area contributed by atoms with E-state index in [0.29, 0.717) is 11.4 Å². The van der Waals surface area contributed by atoms with E-state index in [0.717, 1.165) is 0 Å². The van der Waals surface area contributed by atoms with Crippen molar-refractivity contribution in [3.8, 4) is 0 Å². The standard InChI is InChI=1S/C7H8N2O2.H3N/c1-5-3-7(9(10)11)4-6(2)8-5;/h3-4H,1-2H3;1H3. The normalized spacial score (nSPS) is 8.83. The van der Waals surface area contributed by atoms with Gasteiger partial charge >= 0.3 is 0 Å². The molecule has 0 amide bonds. The lowest BCUT2D eigenvalue weighted by molar-refractivity contribution is -0.385. The van der Waals surface area contributed by atoms with Gasteiger partial charge in [0.2, 0.25) is 0 Å². The molecular weight excluding hydrogens is 158 g/mol. The molecule has 0 fully saturated rings. The van der Waals surface area contributed by atoms with Gasteiger partial charge in [-0.05, 0) is 13.8 Å². The lowest BCUT2D eigenvalue weighted by Crippen LogP contribution is -1.92. The van der Waals surface area contributed by atoms with Crippen LogP contribution in [0, 0.1) is 24.0 Å². The summed E-state index contributed by atoms with van der Waals surface area (Å²) in [6.07, 6.45) is 0. The zero-order valence-corrected chi connectivity index (χ0v) is 7.07. The molecule has 1 rings (SSSR count). The van der Waals surface area contributed by atoms with Gasteiger partial charge in [-0.15, -0.1) is 0 Å². The van der Waals surface area contributed by atoms with Gasteiger partial charge in [0, 0.05) is 23.5 Å². The van der Waals surface area contributed by atoms with Gasteiger partial charge in [-0.3, -0.25) is 15.1 Å². The number of hydrogen-bond donors (Lipinski definition) is 1. The van der Waals surface area contributed by atoms with Crippen LogP contribution in [0.15, 0.2) is 12.1 Å². The van der Waals surface area contributed by atoms with Crippen molar-refractivity contribution in [1.29, 1.82) is 0 Å². The highest BCUT2D eigenvalue weighted by Crippen LogP contribution is 2.12. The van der Waals surface area contributed by atoms with Crippen molar-refractivity contribution in [3.05, 3.63) is 33.6 Å². The summed E-state index contributed by atoms with van der Waals surface area (Å²) >= 11 is 0. The molecule has 0 unspecified atom stereocenters. The topological polar surface area (TPSA) is 91.0 Å². The van der Waals surface area contributed by atoms with Crippen molar-refractivity contribution in [2.24, 2.45) is 0 Å². The lowest BCUT2D eigenvalue weighted by Gasteiger charge is -1.95. The average Bonchev–Trinajstić information content (AvgIpc) is 1.85. The molecule has 0 atom stereocenters. The molecule has 0 aromatic carbocycles. The fraction of sp³-hybridized carbons (Fsp3) is 0.286. The van der Waals surface area contributed by atoms with Crippen LogP contribution < -0.4 is 6.15 Å². The van der Waals surface area contributed by atoms with Crippen LogP contribution in [0.25, 0.3) is 0 Å². The minimum absolute atomic E-state index is 0. The number of rotatable bonds is 1. The third-order valence-electron chi connectivity index (χ3n) is 1.28. The molecule has 12 heavy (non-hydrogen) atoms. The SMILES string of the molecule is Cc1cc([N+](=O)[O-])cc(C)n1.N. The van der Waals surface area contributed by atoms with Gasteiger partial charge in [-0.25, -0.2) is 0 Å². The minimum atomic E-state index is -0.415. The van der Waals surface area contributed by atoms with Gasteiger partial charge in [0.15, 0.2) is 0 Å². The minimum Gasteiger partial charge on any atom is -0.344 e. The van der Waals surface area contributed by atoms with Crippen LogP contribution in [0.2, 0.25) is 0 Å². The predicted octanol–water partition coefficient (Wildman–Crippen LogP) is 1.77. The Kier molecular flexibility index (Phi) is 3.30. The summed E-state index contributed by atoms with van der Waals surface area (Å²) in [7, 11) is 0. The van der Waals surface area contributed by atoms with Crippen LogP contribution in [-0.4, -0.2) is 9.91 Å². The molecule has 0 bridgehead atoms. The van der Waals surface area contributed by atoms with E-state index in [4.69, 9.17) is 0 Å². The highest BCUT2D eigenvalue weighted by atomic mass is 16.6. The van der Waals surface area contributed by atoms with E-state index in [1.54, 1.807) is 13.8 Å². The molecule has 1 heterocycles. The predicted molar refractivity (Wildman–Crippen MR) is 45.4 cm³/mol. The van der Waals surface area contributed by atoms with Crippen molar-refractivity contribution < 1.29 is 4.92 Å². The van der Waals surface area contributed by atoms with E-state index in [-0.39, 0.29) is 11.8 Å². The third kappa shape index (κ3) is 2.28. The van der Waals surface area contributed by atoms with Crippen LogP contribution in [0.5, 0.6) is 0 Å². The Balaban J connectivity index is 0.00000121. The van der Waals surface area contributed by atoms with E-state index in [9.17, 15) is 10.1 Å². The molecule has 66 valence electrons. The lowest BCUT2D eigenvalue weighted by atomic mass is 10.3. The molecule has 0 radical (unpaired) electrons. The van der Waals surface area contributed by atoms with Gasteiger partial charge < -0.3 is 6.15 Å². The number of nitro groups is 1. The fourth-order valence-corrected chi connectivity index (χ4v) is 0.918. The van der Waals surface area contributed by atoms with Crippen LogP contribution in [-0.2, 0) is 0 Å². The van der Waals surface area contributed by atoms with Crippen molar-refractivity contribution in [3.63, 3.8) is 0 Å². The molecule has 1 aromatic heterocycles. The van der Waals surface area contributed by atoms with Crippen molar-refractivity contribution >= 4 is 5.69 Å². The first kappa shape index (κ1) is 10.5. The molecule has 0 aliphatic heterocycles. The van der Waals surface area contributed by atoms with Gasteiger partial charge in [-0.2, -0.15) is 0 Å². The molecule has 0 aliphatic carbocycles. The number of aromatic nitrogens is 1. The second-order valence-corrected chi connectivity index (χ2v) is 2.37. The maximum absolute atomic E-state index is 10.3. The smallest absolute Gasteiger partial charge is 0.273 e. The zero-order chi connectivity index (χ0) is 8.43. The molecule has 5 nitrogen and oxygen atoms in total. The first-order valence-corrected chi connectivity index (χ1v) is 3.19. The monoisotopic (exact) mass is 169 g/mol. The van der Waals surface area contributed by atoms with Crippen molar-refractivity contribution in [2.75, 3.05) is 0 Å². The van der Waals surface area contributed by atoms with E-state index in [1.807, 2.05) is 0 Å². The molecular formula is C7H11N3O2. The molecule has 0 saturated heterocycles. The van der Waals surface area contributed by atoms with Gasteiger partial charge in [-0.1, -0.05) is 0 Å². The van der Waals surface area contributed by atoms with Crippen molar-refractivity contribution in [1.82, 2.24) is 11.1 Å².